The van der Waals surface area contributed by atoms with Gasteiger partial charge in [-0.1, -0.05) is 99.1 Å². The average Bonchev–Trinajstić information content (AvgIpc) is 3.06. The standard InChI is InChI=1S/C32H26NO.C5H8O2.Ir/c1-32(2,3)20-22-18-29(33-28-14-8-6-10-23(22)28)21-16-17-27-25-12-5-4-11-24(25)26-13-7-9-15-30(26)34-31(27)19-21;1-4(6)3-5(2)7;/h4-15,17-19H,20H2,1-3H3;3,6H,1-2H3;/q-1;;/b;4-3-;. The van der Waals surface area contributed by atoms with Crippen LogP contribution in [0.5, 0.6) is 11.5 Å². The Labute approximate surface area is 261 Å². The minimum Gasteiger partial charge on any atom is -0.512 e. The monoisotopic (exact) mass is 733 g/mol. The SMILES string of the molecule is CC(=O)/C=C(/C)O.CC(C)(C)Cc1cc(-c2[c-]cc3c(c2)Oc2ccccc2-c2ccccc2-3)nc2ccccc12.[Ir]. The molecule has 0 saturated heterocycles. The van der Waals surface area contributed by atoms with Crippen molar-refractivity contribution in [2.45, 2.75) is 41.0 Å². The molecule has 5 aromatic rings. The van der Waals surface area contributed by atoms with Crippen molar-refractivity contribution in [3.63, 3.8) is 0 Å². The van der Waals surface area contributed by atoms with Crippen molar-refractivity contribution < 1.29 is 34.7 Å². The molecule has 0 atom stereocenters. The van der Waals surface area contributed by atoms with Crippen molar-refractivity contribution in [1.29, 1.82) is 0 Å². The summed E-state index contributed by atoms with van der Waals surface area (Å²) in [5.41, 5.74) is 8.85. The summed E-state index contributed by atoms with van der Waals surface area (Å²) in [4.78, 5) is 15.0. The number of carbonyl (C=O) groups is 1. The summed E-state index contributed by atoms with van der Waals surface area (Å²) in [5, 5.41) is 9.58. The van der Waals surface area contributed by atoms with Gasteiger partial charge in [0.2, 0.25) is 0 Å². The molecule has 0 saturated carbocycles. The van der Waals surface area contributed by atoms with Gasteiger partial charge in [0.15, 0.2) is 5.78 Å². The molecular weight excluding hydrogens is 699 g/mol. The largest absolute Gasteiger partial charge is 0.512 e. The molecule has 0 aliphatic carbocycles. The number of nitrogens with zero attached hydrogens (tertiary/aromatic N) is 1. The van der Waals surface area contributed by atoms with Crippen LogP contribution in [0.25, 0.3) is 44.4 Å². The normalized spacial score (nSPS) is 11.9. The molecule has 215 valence electrons. The predicted octanol–water partition coefficient (Wildman–Crippen LogP) is 9.76. The topological polar surface area (TPSA) is 59.4 Å². The molecule has 4 nitrogen and oxygen atoms in total. The summed E-state index contributed by atoms with van der Waals surface area (Å²) in [5.74, 6) is 1.64. The molecule has 1 N–H and O–H groups in total. The van der Waals surface area contributed by atoms with Gasteiger partial charge in [-0.3, -0.25) is 9.78 Å². The first-order valence-corrected chi connectivity index (χ1v) is 13.8. The maximum Gasteiger partial charge on any atom is 0.155 e. The third kappa shape index (κ3) is 7.04. The smallest absolute Gasteiger partial charge is 0.155 e. The van der Waals surface area contributed by atoms with Crippen molar-refractivity contribution in [1.82, 2.24) is 4.98 Å². The molecule has 1 aromatic heterocycles. The summed E-state index contributed by atoms with van der Waals surface area (Å²) < 4.78 is 6.50. The van der Waals surface area contributed by atoms with Crippen molar-refractivity contribution in [3.05, 3.63) is 114 Å². The van der Waals surface area contributed by atoms with Crippen molar-refractivity contribution in [3.8, 4) is 45.0 Å². The molecule has 0 spiro atoms. The first kappa shape index (κ1) is 30.9. The van der Waals surface area contributed by atoms with Crippen LogP contribution in [0.1, 0.15) is 40.2 Å². The molecule has 4 aromatic carbocycles. The van der Waals surface area contributed by atoms with Gasteiger partial charge in [0, 0.05) is 37.1 Å². The maximum atomic E-state index is 10.0. The summed E-state index contributed by atoms with van der Waals surface area (Å²) in [6.45, 7) is 9.68. The number of aliphatic hydroxyl groups excluding tert-OH is 1. The zero-order valence-electron chi connectivity index (χ0n) is 24.5. The molecule has 5 heteroatoms. The number of rotatable bonds is 3. The summed E-state index contributed by atoms with van der Waals surface area (Å²) in [7, 11) is 0. The van der Waals surface area contributed by atoms with E-state index in [0.29, 0.717) is 0 Å². The van der Waals surface area contributed by atoms with Crippen LogP contribution in [0.2, 0.25) is 0 Å². The Morgan fingerprint density at radius 2 is 1.48 bits per heavy atom. The number of hydrogen-bond acceptors (Lipinski definition) is 4. The van der Waals surface area contributed by atoms with Gasteiger partial charge < -0.3 is 9.84 Å². The van der Waals surface area contributed by atoms with Crippen LogP contribution >= 0.6 is 0 Å². The molecule has 0 amide bonds. The Kier molecular flexibility index (Phi) is 9.46. The number of ether oxygens (including phenoxy) is 1. The number of pyridine rings is 1. The molecule has 0 bridgehead atoms. The van der Waals surface area contributed by atoms with E-state index in [1.807, 2.05) is 12.1 Å². The van der Waals surface area contributed by atoms with E-state index < -0.39 is 0 Å². The van der Waals surface area contributed by atoms with E-state index in [9.17, 15) is 4.79 Å². The van der Waals surface area contributed by atoms with Crippen LogP contribution in [-0.4, -0.2) is 15.9 Å². The van der Waals surface area contributed by atoms with Gasteiger partial charge in [-0.2, -0.15) is 0 Å². The number of fused-ring (bicyclic) bond motifs is 6. The number of aromatic nitrogens is 1. The summed E-state index contributed by atoms with van der Waals surface area (Å²) >= 11 is 0. The van der Waals surface area contributed by atoms with E-state index in [-0.39, 0.29) is 37.1 Å². The molecule has 6 rings (SSSR count). The Morgan fingerprint density at radius 3 is 2.12 bits per heavy atom. The second-order valence-corrected chi connectivity index (χ2v) is 11.6. The molecule has 0 unspecified atom stereocenters. The Bertz CT molecular complexity index is 1780. The fourth-order valence-electron chi connectivity index (χ4n) is 5.16. The van der Waals surface area contributed by atoms with Gasteiger partial charge in [0.25, 0.3) is 0 Å². The van der Waals surface area contributed by atoms with Crippen LogP contribution < -0.4 is 4.74 Å². The number of benzene rings is 4. The van der Waals surface area contributed by atoms with E-state index in [4.69, 9.17) is 14.8 Å². The number of carbonyl (C=O) groups excluding carboxylic acids is 1. The van der Waals surface area contributed by atoms with Crippen LogP contribution in [0.3, 0.4) is 0 Å². The quantitative estimate of drug-likeness (QED) is 0.112. The van der Waals surface area contributed by atoms with Crippen LogP contribution in [0, 0.1) is 11.5 Å². The van der Waals surface area contributed by atoms with Crippen molar-refractivity contribution in [2.75, 3.05) is 0 Å². The third-order valence-electron chi connectivity index (χ3n) is 6.74. The number of para-hydroxylation sites is 2. The first-order valence-electron chi connectivity index (χ1n) is 13.8. The Balaban J connectivity index is 0.000000454. The molecule has 2 heterocycles. The fraction of sp³-hybridized carbons (Fsp3) is 0.189. The number of ketones is 1. The van der Waals surface area contributed by atoms with Gasteiger partial charge in [-0.15, -0.1) is 17.7 Å². The van der Waals surface area contributed by atoms with Crippen molar-refractivity contribution in [2.24, 2.45) is 5.41 Å². The molecule has 42 heavy (non-hydrogen) atoms. The molecular formula is C37H34IrNO3-. The minimum absolute atomic E-state index is 0. The van der Waals surface area contributed by atoms with Gasteiger partial charge in [0.1, 0.15) is 5.75 Å². The third-order valence-corrected chi connectivity index (χ3v) is 6.74. The summed E-state index contributed by atoms with van der Waals surface area (Å²) in [6, 6.07) is 35.0. The van der Waals surface area contributed by atoms with Crippen LogP contribution in [0.15, 0.2) is 103 Å². The predicted molar refractivity (Wildman–Crippen MR) is 167 cm³/mol. The molecule has 0 fully saturated rings. The maximum absolute atomic E-state index is 10.0. The van der Waals surface area contributed by atoms with Crippen molar-refractivity contribution >= 4 is 16.7 Å². The second kappa shape index (κ2) is 12.9. The van der Waals surface area contributed by atoms with Gasteiger partial charge in [0.05, 0.1) is 17.0 Å². The average molecular weight is 733 g/mol. The molecule has 1 aliphatic heterocycles. The van der Waals surface area contributed by atoms with E-state index in [2.05, 4.69) is 106 Å². The Morgan fingerprint density at radius 1 is 0.857 bits per heavy atom. The van der Waals surface area contributed by atoms with E-state index in [1.165, 1.54) is 36.4 Å². The van der Waals surface area contributed by atoms with Gasteiger partial charge >= 0.3 is 0 Å². The van der Waals surface area contributed by atoms with E-state index >= 15 is 0 Å². The van der Waals surface area contributed by atoms with Crippen LogP contribution in [0.4, 0.5) is 0 Å². The van der Waals surface area contributed by atoms with E-state index in [0.717, 1.165) is 51.4 Å². The first-order chi connectivity index (χ1) is 19.6. The number of allylic oxidation sites excluding steroid dienone is 2. The fourth-order valence-corrected chi connectivity index (χ4v) is 5.16. The molecule has 1 radical (unpaired) electrons. The van der Waals surface area contributed by atoms with Gasteiger partial charge in [-0.05, 0) is 60.2 Å². The van der Waals surface area contributed by atoms with Gasteiger partial charge in [-0.25, -0.2) is 0 Å². The number of aliphatic hydroxyl groups is 1. The number of hydrogen-bond donors (Lipinski definition) is 1. The van der Waals surface area contributed by atoms with Crippen LogP contribution in [-0.2, 0) is 31.3 Å². The zero-order valence-corrected chi connectivity index (χ0v) is 26.9. The minimum atomic E-state index is -0.125. The molecule has 1 aliphatic rings. The summed E-state index contributed by atoms with van der Waals surface area (Å²) in [6.07, 6.45) is 2.14. The van der Waals surface area contributed by atoms with E-state index in [1.54, 1.807) is 0 Å². The second-order valence-electron chi connectivity index (χ2n) is 11.6. The zero-order chi connectivity index (χ0) is 29.1. The Hall–Kier alpha value is -4.05.